The van der Waals surface area contributed by atoms with Crippen LogP contribution < -0.4 is 9.64 Å². The van der Waals surface area contributed by atoms with Crippen LogP contribution in [0.4, 0.5) is 14.6 Å². The third kappa shape index (κ3) is 5.48. The number of hydrogen-bond acceptors (Lipinski definition) is 9. The molecular weight excluding hydrogens is 474 g/mol. The molecule has 0 amide bonds. The standard InChI is InChI=1S/C24H20F2N6O2S/c25-24(26,15-33)34-17-5-6-20(30-13-17)21-18(10-27)22(32-8-1-2-9-32)31-23(19(21)11-28)35-14-16-4-3-7-29-12-16/h3-7,12-13,33H,1-2,8-9,14-15H2. The van der Waals surface area contributed by atoms with Crippen molar-refractivity contribution in [3.05, 3.63) is 59.5 Å². The summed E-state index contributed by atoms with van der Waals surface area (Å²) in [5.41, 5.74) is 1.88. The van der Waals surface area contributed by atoms with E-state index in [4.69, 9.17) is 10.1 Å². The molecule has 1 N–H and O–H groups in total. The summed E-state index contributed by atoms with van der Waals surface area (Å²) in [5, 5.41) is 29.3. The van der Waals surface area contributed by atoms with Crippen LogP contribution in [-0.4, -0.2) is 45.9 Å². The maximum atomic E-state index is 13.4. The second-order valence-electron chi connectivity index (χ2n) is 7.71. The first-order valence-electron chi connectivity index (χ1n) is 10.7. The first-order valence-corrected chi connectivity index (χ1v) is 11.7. The molecule has 0 bridgehead atoms. The molecule has 0 unspecified atom stereocenters. The number of pyridine rings is 3. The van der Waals surface area contributed by atoms with Gasteiger partial charge in [-0.1, -0.05) is 6.07 Å². The van der Waals surface area contributed by atoms with Gasteiger partial charge in [0, 0.05) is 36.8 Å². The maximum absolute atomic E-state index is 13.4. The van der Waals surface area contributed by atoms with Crippen LogP contribution in [0.2, 0.25) is 0 Å². The van der Waals surface area contributed by atoms with Crippen LogP contribution in [0.15, 0.2) is 47.9 Å². The predicted octanol–water partition coefficient (Wildman–Crippen LogP) is 4.14. The van der Waals surface area contributed by atoms with E-state index in [0.29, 0.717) is 22.2 Å². The zero-order chi connectivity index (χ0) is 24.8. The molecule has 1 fully saturated rings. The van der Waals surface area contributed by atoms with Gasteiger partial charge in [0.15, 0.2) is 0 Å². The number of ether oxygens (including phenoxy) is 1. The number of rotatable bonds is 8. The number of aliphatic hydroxyl groups excluding tert-OH is 1. The molecule has 0 radical (unpaired) electrons. The largest absolute Gasteiger partial charge is 0.429 e. The molecule has 8 nitrogen and oxygen atoms in total. The van der Waals surface area contributed by atoms with Gasteiger partial charge >= 0.3 is 6.11 Å². The Bertz CT molecular complexity index is 1270. The molecule has 3 aromatic rings. The second-order valence-corrected chi connectivity index (χ2v) is 8.67. The number of alkyl halides is 2. The van der Waals surface area contributed by atoms with Crippen LogP contribution in [0.1, 0.15) is 29.5 Å². The summed E-state index contributed by atoms with van der Waals surface area (Å²) in [5.74, 6) is 0.725. The highest BCUT2D eigenvalue weighted by molar-refractivity contribution is 7.98. The lowest BCUT2D eigenvalue weighted by Gasteiger charge is -2.22. The van der Waals surface area contributed by atoms with Crippen LogP contribution in [-0.2, 0) is 5.75 Å². The van der Waals surface area contributed by atoms with Crippen LogP contribution in [0.3, 0.4) is 0 Å². The summed E-state index contributed by atoms with van der Waals surface area (Å²) in [6.07, 6.45) is 2.64. The third-order valence-corrected chi connectivity index (χ3v) is 6.36. The minimum absolute atomic E-state index is 0.181. The summed E-state index contributed by atoms with van der Waals surface area (Å²) in [6.45, 7) is -0.0145. The number of aliphatic hydroxyl groups is 1. The molecular formula is C24H20F2N6O2S. The Labute approximate surface area is 204 Å². The van der Waals surface area contributed by atoms with Gasteiger partial charge in [0.2, 0.25) is 0 Å². The van der Waals surface area contributed by atoms with Gasteiger partial charge in [0.05, 0.1) is 17.5 Å². The van der Waals surface area contributed by atoms with E-state index in [1.807, 2.05) is 17.0 Å². The first-order chi connectivity index (χ1) is 17.0. The fraction of sp³-hybridized carbons (Fsp3) is 0.292. The molecule has 178 valence electrons. The Morgan fingerprint density at radius 2 is 1.89 bits per heavy atom. The molecule has 0 atom stereocenters. The Hall–Kier alpha value is -3.80. The van der Waals surface area contributed by atoms with E-state index in [-0.39, 0.29) is 22.6 Å². The van der Waals surface area contributed by atoms with Crippen LogP contribution in [0.5, 0.6) is 5.75 Å². The van der Waals surface area contributed by atoms with E-state index in [1.54, 1.807) is 12.4 Å². The van der Waals surface area contributed by atoms with Gasteiger partial charge in [0.25, 0.3) is 0 Å². The van der Waals surface area contributed by atoms with Crippen molar-refractivity contribution >= 4 is 17.6 Å². The van der Waals surface area contributed by atoms with E-state index in [0.717, 1.165) is 37.7 Å². The Kier molecular flexibility index (Phi) is 7.39. The number of anilines is 1. The number of nitrogens with zero attached hydrogens (tertiary/aromatic N) is 6. The molecule has 4 rings (SSSR count). The van der Waals surface area contributed by atoms with Crippen molar-refractivity contribution in [1.82, 2.24) is 15.0 Å². The minimum Gasteiger partial charge on any atom is -0.429 e. The quantitative estimate of drug-likeness (QED) is 0.461. The molecule has 11 heteroatoms. The van der Waals surface area contributed by atoms with Gasteiger partial charge in [-0.05, 0) is 36.6 Å². The molecule has 0 saturated carbocycles. The molecule has 0 aromatic carbocycles. The maximum Gasteiger partial charge on any atom is 0.421 e. The minimum atomic E-state index is -3.76. The van der Waals surface area contributed by atoms with Crippen LogP contribution in [0, 0.1) is 22.7 Å². The van der Waals surface area contributed by atoms with E-state index < -0.39 is 12.7 Å². The van der Waals surface area contributed by atoms with Crippen molar-refractivity contribution in [1.29, 1.82) is 10.5 Å². The van der Waals surface area contributed by atoms with Crippen molar-refractivity contribution in [2.24, 2.45) is 0 Å². The highest BCUT2D eigenvalue weighted by Crippen LogP contribution is 2.39. The summed E-state index contributed by atoms with van der Waals surface area (Å²) < 4.78 is 31.3. The predicted molar refractivity (Wildman–Crippen MR) is 125 cm³/mol. The van der Waals surface area contributed by atoms with Crippen molar-refractivity contribution in [3.63, 3.8) is 0 Å². The van der Waals surface area contributed by atoms with E-state index in [1.165, 1.54) is 23.9 Å². The smallest absolute Gasteiger partial charge is 0.421 e. The van der Waals surface area contributed by atoms with Crippen molar-refractivity contribution < 1.29 is 18.6 Å². The monoisotopic (exact) mass is 494 g/mol. The molecule has 0 spiro atoms. The fourth-order valence-corrected chi connectivity index (χ4v) is 4.63. The molecule has 35 heavy (non-hydrogen) atoms. The molecule has 0 aliphatic carbocycles. The molecule has 1 aliphatic heterocycles. The van der Waals surface area contributed by atoms with Crippen LogP contribution >= 0.6 is 11.8 Å². The number of hydrogen-bond donors (Lipinski definition) is 1. The van der Waals surface area contributed by atoms with Gasteiger partial charge in [-0.25, -0.2) is 4.98 Å². The van der Waals surface area contributed by atoms with Crippen molar-refractivity contribution in [2.75, 3.05) is 24.6 Å². The van der Waals surface area contributed by atoms with Gasteiger partial charge in [-0.15, -0.1) is 11.8 Å². The van der Waals surface area contributed by atoms with Gasteiger partial charge < -0.3 is 14.7 Å². The van der Waals surface area contributed by atoms with Crippen LogP contribution in [0.25, 0.3) is 11.3 Å². The SMILES string of the molecule is N#Cc1c(SCc2cccnc2)nc(N2CCCC2)c(C#N)c1-c1ccc(OC(F)(F)CO)cn1. The topological polar surface area (TPSA) is 119 Å². The number of thioether (sulfide) groups is 1. The molecule has 4 heterocycles. The zero-order valence-electron chi connectivity index (χ0n) is 18.5. The zero-order valence-corrected chi connectivity index (χ0v) is 19.3. The molecule has 3 aromatic heterocycles. The Morgan fingerprint density at radius 3 is 2.49 bits per heavy atom. The van der Waals surface area contributed by atoms with E-state index in [9.17, 15) is 19.3 Å². The fourth-order valence-electron chi connectivity index (χ4n) is 3.71. The molecule has 1 saturated heterocycles. The summed E-state index contributed by atoms with van der Waals surface area (Å²) in [7, 11) is 0. The highest BCUT2D eigenvalue weighted by Gasteiger charge is 2.31. The Balaban J connectivity index is 1.80. The molecule has 1 aliphatic rings. The van der Waals surface area contributed by atoms with Crippen molar-refractivity contribution in [3.8, 4) is 29.1 Å². The normalized spacial score (nSPS) is 13.3. The Morgan fingerprint density at radius 1 is 1.11 bits per heavy atom. The third-order valence-electron chi connectivity index (χ3n) is 5.32. The highest BCUT2D eigenvalue weighted by atomic mass is 32.2. The summed E-state index contributed by atoms with van der Waals surface area (Å²) in [6, 6.07) is 10.7. The van der Waals surface area contributed by atoms with E-state index >= 15 is 0 Å². The van der Waals surface area contributed by atoms with Gasteiger partial charge in [-0.2, -0.15) is 19.3 Å². The lowest BCUT2D eigenvalue weighted by Crippen LogP contribution is -2.29. The van der Waals surface area contributed by atoms with Crippen molar-refractivity contribution in [2.45, 2.75) is 29.7 Å². The number of halogens is 2. The number of aromatic nitrogens is 3. The number of nitriles is 2. The lowest BCUT2D eigenvalue weighted by atomic mass is 10.0. The average Bonchev–Trinajstić information content (AvgIpc) is 3.42. The lowest BCUT2D eigenvalue weighted by molar-refractivity contribution is -0.201. The van der Waals surface area contributed by atoms with E-state index in [2.05, 4.69) is 26.8 Å². The first kappa shape index (κ1) is 24.3. The van der Waals surface area contributed by atoms with Gasteiger partial charge in [0.1, 0.15) is 40.9 Å². The second kappa shape index (κ2) is 10.6. The summed E-state index contributed by atoms with van der Waals surface area (Å²) in [4.78, 5) is 15.0. The summed E-state index contributed by atoms with van der Waals surface area (Å²) >= 11 is 1.35. The average molecular weight is 495 g/mol. The van der Waals surface area contributed by atoms with Gasteiger partial charge in [-0.3, -0.25) is 9.97 Å².